The maximum Gasteiger partial charge on any atom is 0.182 e. The molecule has 6 heteroatoms. The van der Waals surface area contributed by atoms with Gasteiger partial charge in [0.25, 0.3) is 0 Å². The largest absolute Gasteiger partial charge is 0.330 e. The number of aromatic amines is 1. The summed E-state index contributed by atoms with van der Waals surface area (Å²) in [6.45, 7) is 0. The van der Waals surface area contributed by atoms with Crippen molar-refractivity contribution in [2.75, 3.05) is 0 Å². The highest BCUT2D eigenvalue weighted by Crippen LogP contribution is 2.32. The molecular formula is C13H7Cl3N2S. The van der Waals surface area contributed by atoms with Crippen molar-refractivity contribution in [1.29, 1.82) is 0 Å². The SMILES string of the molecule is S=c1[nH]c2ccc(Cl)cc2n1-c1c(Cl)cccc1Cl. The van der Waals surface area contributed by atoms with Gasteiger partial charge in [-0.05, 0) is 42.5 Å². The lowest BCUT2D eigenvalue weighted by atomic mass is 10.3. The fourth-order valence-corrected chi connectivity index (χ4v) is 3.03. The number of benzene rings is 2. The standard InChI is InChI=1S/C13H7Cl3N2S/c14-7-4-5-10-11(6-7)18(13(19)17-10)12-8(15)2-1-3-9(12)16/h1-6H,(H,17,19). The van der Waals surface area contributed by atoms with E-state index in [9.17, 15) is 0 Å². The van der Waals surface area contributed by atoms with Crippen molar-refractivity contribution in [3.05, 3.63) is 56.2 Å². The molecule has 2 nitrogen and oxygen atoms in total. The number of H-pyrrole nitrogens is 1. The maximum atomic E-state index is 6.23. The number of nitrogens with one attached hydrogen (secondary N) is 1. The summed E-state index contributed by atoms with van der Waals surface area (Å²) in [4.78, 5) is 3.11. The van der Waals surface area contributed by atoms with E-state index in [-0.39, 0.29) is 0 Å². The second-order valence-electron chi connectivity index (χ2n) is 4.00. The molecule has 0 aliphatic heterocycles. The smallest absolute Gasteiger partial charge is 0.182 e. The number of para-hydroxylation sites is 1. The highest BCUT2D eigenvalue weighted by Gasteiger charge is 2.13. The summed E-state index contributed by atoms with van der Waals surface area (Å²) in [5.41, 5.74) is 2.38. The lowest BCUT2D eigenvalue weighted by molar-refractivity contribution is 1.07. The van der Waals surface area contributed by atoms with Crippen LogP contribution in [0.4, 0.5) is 0 Å². The lowest BCUT2D eigenvalue weighted by Gasteiger charge is -2.09. The summed E-state index contributed by atoms with van der Waals surface area (Å²) < 4.78 is 2.31. The number of imidazole rings is 1. The molecular weight excluding hydrogens is 323 g/mol. The molecule has 3 aromatic rings. The van der Waals surface area contributed by atoms with Gasteiger partial charge in [-0.15, -0.1) is 0 Å². The van der Waals surface area contributed by atoms with E-state index >= 15 is 0 Å². The third-order valence-corrected chi connectivity index (χ3v) is 3.94. The number of hydrogen-bond donors (Lipinski definition) is 1. The number of aromatic nitrogens is 2. The Morgan fingerprint density at radius 1 is 1.00 bits per heavy atom. The van der Waals surface area contributed by atoms with E-state index in [0.29, 0.717) is 25.5 Å². The number of halogens is 3. The van der Waals surface area contributed by atoms with Gasteiger partial charge in [-0.3, -0.25) is 4.57 Å². The number of hydrogen-bond acceptors (Lipinski definition) is 1. The van der Waals surface area contributed by atoms with E-state index in [1.54, 1.807) is 28.8 Å². The first-order valence-corrected chi connectivity index (χ1v) is 6.97. The van der Waals surface area contributed by atoms with Crippen molar-refractivity contribution in [1.82, 2.24) is 9.55 Å². The summed E-state index contributed by atoms with van der Waals surface area (Å²) in [5.74, 6) is 0. The van der Waals surface area contributed by atoms with Crippen LogP contribution in [0.2, 0.25) is 15.1 Å². The first-order valence-electron chi connectivity index (χ1n) is 5.42. The Hall–Kier alpha value is -1.00. The molecule has 0 saturated heterocycles. The second kappa shape index (κ2) is 4.84. The van der Waals surface area contributed by atoms with E-state index in [4.69, 9.17) is 47.0 Å². The van der Waals surface area contributed by atoms with Crippen molar-refractivity contribution >= 4 is 58.1 Å². The predicted octanol–water partition coefficient (Wildman–Crippen LogP) is 5.65. The molecule has 19 heavy (non-hydrogen) atoms. The van der Waals surface area contributed by atoms with Crippen molar-refractivity contribution in [2.24, 2.45) is 0 Å². The number of nitrogens with zero attached hydrogens (tertiary/aromatic N) is 1. The molecule has 0 aliphatic rings. The maximum absolute atomic E-state index is 6.23. The van der Waals surface area contributed by atoms with Crippen molar-refractivity contribution < 1.29 is 0 Å². The van der Waals surface area contributed by atoms with Crippen LogP contribution in [0.15, 0.2) is 36.4 Å². The minimum atomic E-state index is 0.521. The highest BCUT2D eigenvalue weighted by atomic mass is 35.5. The number of rotatable bonds is 1. The molecule has 0 unspecified atom stereocenters. The minimum Gasteiger partial charge on any atom is -0.330 e. The highest BCUT2D eigenvalue weighted by molar-refractivity contribution is 7.71. The molecule has 0 spiro atoms. The topological polar surface area (TPSA) is 20.7 Å². The van der Waals surface area contributed by atoms with Crippen LogP contribution in [0.3, 0.4) is 0 Å². The molecule has 0 amide bonds. The quantitative estimate of drug-likeness (QED) is 0.572. The van der Waals surface area contributed by atoms with Gasteiger partial charge < -0.3 is 4.98 Å². The fourth-order valence-electron chi connectivity index (χ4n) is 2.00. The van der Waals surface area contributed by atoms with Crippen molar-refractivity contribution in [3.8, 4) is 5.69 Å². The van der Waals surface area contributed by atoms with Gasteiger partial charge >= 0.3 is 0 Å². The molecule has 0 fully saturated rings. The Kier molecular flexibility index (Phi) is 3.31. The van der Waals surface area contributed by atoms with E-state index in [2.05, 4.69) is 4.98 Å². The molecule has 0 aliphatic carbocycles. The van der Waals surface area contributed by atoms with Crippen LogP contribution < -0.4 is 0 Å². The zero-order chi connectivity index (χ0) is 13.6. The van der Waals surface area contributed by atoms with E-state index < -0.39 is 0 Å². The normalized spacial score (nSPS) is 11.1. The van der Waals surface area contributed by atoms with Gasteiger partial charge in [0.2, 0.25) is 0 Å². The van der Waals surface area contributed by atoms with Gasteiger partial charge in [0.1, 0.15) is 0 Å². The Morgan fingerprint density at radius 2 is 1.68 bits per heavy atom. The zero-order valence-electron chi connectivity index (χ0n) is 9.45. The fraction of sp³-hybridized carbons (Fsp3) is 0. The predicted molar refractivity (Wildman–Crippen MR) is 83.5 cm³/mol. The monoisotopic (exact) mass is 328 g/mol. The molecule has 3 rings (SSSR count). The summed E-state index contributed by atoms with van der Waals surface area (Å²) >= 11 is 23.9. The van der Waals surface area contributed by atoms with Gasteiger partial charge in [-0.2, -0.15) is 0 Å². The number of fused-ring (bicyclic) bond motifs is 1. The van der Waals surface area contributed by atoms with E-state index in [1.807, 2.05) is 12.1 Å². The summed E-state index contributed by atoms with van der Waals surface area (Å²) in [6, 6.07) is 10.8. The van der Waals surface area contributed by atoms with Crippen LogP contribution in [-0.2, 0) is 0 Å². The average molecular weight is 330 g/mol. The lowest BCUT2D eigenvalue weighted by Crippen LogP contribution is -1.96. The summed E-state index contributed by atoms with van der Waals surface area (Å²) in [5, 5.41) is 1.69. The molecule has 0 saturated carbocycles. The second-order valence-corrected chi connectivity index (χ2v) is 5.63. The molecule has 1 heterocycles. The minimum absolute atomic E-state index is 0.521. The summed E-state index contributed by atoms with van der Waals surface area (Å²) in [7, 11) is 0. The van der Waals surface area contributed by atoms with Crippen LogP contribution in [0, 0.1) is 4.77 Å². The van der Waals surface area contributed by atoms with Gasteiger partial charge in [0, 0.05) is 5.02 Å². The van der Waals surface area contributed by atoms with Crippen LogP contribution in [0.1, 0.15) is 0 Å². The van der Waals surface area contributed by atoms with Crippen molar-refractivity contribution in [3.63, 3.8) is 0 Å². The summed E-state index contributed by atoms with van der Waals surface area (Å²) in [6.07, 6.45) is 0. The Bertz CT molecular complexity index is 815. The van der Waals surface area contributed by atoms with Crippen LogP contribution in [0.25, 0.3) is 16.7 Å². The average Bonchev–Trinajstić information content (AvgIpc) is 2.66. The first kappa shape index (κ1) is 13.0. The molecule has 96 valence electrons. The first-order chi connectivity index (χ1) is 9.08. The van der Waals surface area contributed by atoms with E-state index in [0.717, 1.165) is 11.0 Å². The Labute approximate surface area is 129 Å². The van der Waals surface area contributed by atoms with Gasteiger partial charge in [0.15, 0.2) is 4.77 Å². The molecule has 0 atom stereocenters. The zero-order valence-corrected chi connectivity index (χ0v) is 12.5. The molecule has 2 aromatic carbocycles. The third kappa shape index (κ3) is 2.17. The van der Waals surface area contributed by atoms with Crippen LogP contribution in [0.5, 0.6) is 0 Å². The third-order valence-electron chi connectivity index (χ3n) is 2.81. The Morgan fingerprint density at radius 3 is 2.37 bits per heavy atom. The Balaban J connectivity index is 2.46. The molecule has 1 N–H and O–H groups in total. The molecule has 1 aromatic heterocycles. The van der Waals surface area contributed by atoms with Gasteiger partial charge in [-0.25, -0.2) is 0 Å². The molecule has 0 radical (unpaired) electrons. The molecule has 0 bridgehead atoms. The van der Waals surface area contributed by atoms with Crippen LogP contribution in [-0.4, -0.2) is 9.55 Å². The van der Waals surface area contributed by atoms with Crippen molar-refractivity contribution in [2.45, 2.75) is 0 Å². The van der Waals surface area contributed by atoms with Gasteiger partial charge in [-0.1, -0.05) is 40.9 Å². The van der Waals surface area contributed by atoms with Gasteiger partial charge in [0.05, 0.1) is 26.8 Å². The van der Waals surface area contributed by atoms with Crippen LogP contribution >= 0.6 is 47.0 Å². The van der Waals surface area contributed by atoms with E-state index in [1.165, 1.54) is 0 Å².